The Balaban J connectivity index is 1.67. The van der Waals surface area contributed by atoms with Gasteiger partial charge in [0.25, 0.3) is 5.91 Å². The molecule has 4 heteroatoms. The lowest BCUT2D eigenvalue weighted by atomic mass is 9.68. The van der Waals surface area contributed by atoms with Crippen LogP contribution in [0.4, 0.5) is 0 Å². The molecule has 2 atom stereocenters. The first-order valence-corrected chi connectivity index (χ1v) is 11.4. The Labute approximate surface area is 192 Å². The lowest BCUT2D eigenvalue weighted by Gasteiger charge is -2.37. The van der Waals surface area contributed by atoms with Crippen LogP contribution in [-0.2, 0) is 11.3 Å². The van der Waals surface area contributed by atoms with E-state index in [-0.39, 0.29) is 11.3 Å². The maximum atomic E-state index is 13.0. The van der Waals surface area contributed by atoms with Crippen LogP contribution in [0.2, 0.25) is 0 Å². The number of nitrogens with one attached hydrogen (secondary N) is 2. The van der Waals surface area contributed by atoms with Crippen LogP contribution in [0, 0.1) is 11.3 Å². The van der Waals surface area contributed by atoms with Crippen molar-refractivity contribution in [3.05, 3.63) is 95.1 Å². The fourth-order valence-corrected chi connectivity index (χ4v) is 4.32. The van der Waals surface area contributed by atoms with Crippen LogP contribution in [-0.4, -0.2) is 12.1 Å². The molecular formula is C28H35N3O. The molecule has 0 bridgehead atoms. The van der Waals surface area contributed by atoms with E-state index in [4.69, 9.17) is 0 Å². The van der Waals surface area contributed by atoms with Crippen molar-refractivity contribution in [2.24, 2.45) is 16.4 Å². The zero-order chi connectivity index (χ0) is 23.0. The van der Waals surface area contributed by atoms with Crippen molar-refractivity contribution < 1.29 is 4.79 Å². The summed E-state index contributed by atoms with van der Waals surface area (Å²) < 4.78 is 0. The summed E-state index contributed by atoms with van der Waals surface area (Å²) in [5.74, 6) is 0.216. The van der Waals surface area contributed by atoms with Crippen molar-refractivity contribution in [3.63, 3.8) is 0 Å². The number of hydrogen-bond acceptors (Lipinski definition) is 3. The summed E-state index contributed by atoms with van der Waals surface area (Å²) in [7, 11) is 0. The van der Waals surface area contributed by atoms with E-state index < -0.39 is 6.04 Å². The van der Waals surface area contributed by atoms with E-state index >= 15 is 0 Å². The second-order valence-electron chi connectivity index (χ2n) is 9.31. The normalized spacial score (nSPS) is 19.4. The van der Waals surface area contributed by atoms with Crippen LogP contribution < -0.4 is 10.7 Å². The summed E-state index contributed by atoms with van der Waals surface area (Å²) in [4.78, 5) is 13.0. The molecule has 0 saturated heterocycles. The number of rotatable bonds is 8. The zero-order valence-electron chi connectivity index (χ0n) is 19.6. The van der Waals surface area contributed by atoms with Gasteiger partial charge in [0.1, 0.15) is 6.04 Å². The van der Waals surface area contributed by atoms with Gasteiger partial charge in [0.2, 0.25) is 0 Å². The van der Waals surface area contributed by atoms with Gasteiger partial charge in [0, 0.05) is 18.7 Å². The molecule has 2 aromatic carbocycles. The highest BCUT2D eigenvalue weighted by atomic mass is 16.2. The van der Waals surface area contributed by atoms with Crippen molar-refractivity contribution in [1.29, 1.82) is 0 Å². The van der Waals surface area contributed by atoms with Gasteiger partial charge >= 0.3 is 0 Å². The maximum Gasteiger partial charge on any atom is 0.261 e. The predicted octanol–water partition coefficient (Wildman–Crippen LogP) is 5.95. The summed E-state index contributed by atoms with van der Waals surface area (Å²) >= 11 is 0. The van der Waals surface area contributed by atoms with Crippen LogP contribution in [0.25, 0.3) is 0 Å². The summed E-state index contributed by atoms with van der Waals surface area (Å²) in [5.41, 5.74) is 7.46. The second kappa shape index (κ2) is 11.1. The molecule has 0 fully saturated rings. The molecule has 2 N–H and O–H groups in total. The molecule has 1 aliphatic carbocycles. The third-order valence-electron chi connectivity index (χ3n) is 6.21. The average molecular weight is 430 g/mol. The molecular weight excluding hydrogens is 394 g/mol. The lowest BCUT2D eigenvalue weighted by molar-refractivity contribution is -0.123. The topological polar surface area (TPSA) is 53.5 Å². The first-order valence-electron chi connectivity index (χ1n) is 11.4. The van der Waals surface area contributed by atoms with Gasteiger partial charge in [0.15, 0.2) is 0 Å². The molecule has 0 saturated carbocycles. The number of hydrazone groups is 1. The first kappa shape index (κ1) is 23.7. The molecule has 0 heterocycles. The van der Waals surface area contributed by atoms with Crippen molar-refractivity contribution >= 4 is 12.1 Å². The summed E-state index contributed by atoms with van der Waals surface area (Å²) in [6.45, 7) is 9.48. The molecule has 168 valence electrons. The van der Waals surface area contributed by atoms with Crippen molar-refractivity contribution in [3.8, 4) is 0 Å². The van der Waals surface area contributed by atoms with E-state index in [9.17, 15) is 4.79 Å². The van der Waals surface area contributed by atoms with Crippen molar-refractivity contribution in [2.75, 3.05) is 0 Å². The number of carbonyl (C=O) groups is 1. The van der Waals surface area contributed by atoms with E-state index in [2.05, 4.69) is 48.8 Å². The smallest absolute Gasteiger partial charge is 0.261 e. The third-order valence-corrected chi connectivity index (χ3v) is 6.21. The van der Waals surface area contributed by atoms with Gasteiger partial charge in [-0.05, 0) is 48.8 Å². The Kier molecular flexibility index (Phi) is 8.18. The van der Waals surface area contributed by atoms with Gasteiger partial charge < -0.3 is 0 Å². The third kappa shape index (κ3) is 6.51. The largest absolute Gasteiger partial charge is 0.298 e. The fraction of sp³-hybridized carbons (Fsp3) is 0.357. The standard InChI is InChI=1S/C28H35N3O/c1-21(18-25-22(2)12-11-17-28(25,3)4)19-30-31-27(32)26(24-15-9-6-10-16-24)29-20-23-13-7-5-8-14-23/h5-10,12-16,18-19,25-26,29H,11,17,20H2,1-4H3,(H,31,32)/b21-18+,30-19-/t25-,26-/m0/s1. The predicted molar refractivity (Wildman–Crippen MR) is 133 cm³/mol. The van der Waals surface area contributed by atoms with Gasteiger partial charge in [-0.2, -0.15) is 5.10 Å². The Bertz CT molecular complexity index is 974. The molecule has 1 aliphatic rings. The van der Waals surface area contributed by atoms with Crippen LogP contribution in [0.15, 0.2) is 89.1 Å². The minimum absolute atomic E-state index is 0.176. The molecule has 32 heavy (non-hydrogen) atoms. The van der Waals surface area contributed by atoms with Gasteiger partial charge in [-0.1, -0.05) is 92.2 Å². The minimum atomic E-state index is -0.486. The summed E-state index contributed by atoms with van der Waals surface area (Å²) in [6, 6.07) is 19.3. The van der Waals surface area contributed by atoms with E-state index in [1.165, 1.54) is 12.0 Å². The Morgan fingerprint density at radius 2 is 1.78 bits per heavy atom. The lowest BCUT2D eigenvalue weighted by Crippen LogP contribution is -2.35. The van der Waals surface area contributed by atoms with Gasteiger partial charge in [-0.15, -0.1) is 0 Å². The van der Waals surface area contributed by atoms with E-state index in [0.717, 1.165) is 23.1 Å². The number of hydrogen-bond donors (Lipinski definition) is 2. The number of amides is 1. The number of carbonyl (C=O) groups excluding carboxylic acids is 1. The van der Waals surface area contributed by atoms with Gasteiger partial charge in [0.05, 0.1) is 0 Å². The van der Waals surface area contributed by atoms with Gasteiger partial charge in [-0.3, -0.25) is 10.1 Å². The Hall–Kier alpha value is -2.98. The van der Waals surface area contributed by atoms with E-state index in [1.807, 2.05) is 67.6 Å². The zero-order valence-corrected chi connectivity index (χ0v) is 19.6. The van der Waals surface area contributed by atoms with Crippen LogP contribution in [0.1, 0.15) is 57.7 Å². The molecule has 0 aliphatic heterocycles. The Morgan fingerprint density at radius 1 is 1.12 bits per heavy atom. The fourth-order valence-electron chi connectivity index (χ4n) is 4.32. The quantitative estimate of drug-likeness (QED) is 0.310. The molecule has 4 nitrogen and oxygen atoms in total. The molecule has 2 aromatic rings. The van der Waals surface area contributed by atoms with Crippen molar-refractivity contribution in [2.45, 2.75) is 53.1 Å². The molecule has 0 aromatic heterocycles. The van der Waals surface area contributed by atoms with E-state index in [0.29, 0.717) is 12.5 Å². The van der Waals surface area contributed by atoms with Crippen molar-refractivity contribution in [1.82, 2.24) is 10.7 Å². The SMILES string of the molecule is CC1=CCCC(C)(C)[C@H]1/C=C(C)/C=N\NC(=O)[C@@H](NCc1ccccc1)c1ccccc1. The number of allylic oxidation sites excluding steroid dienone is 4. The highest BCUT2D eigenvalue weighted by Crippen LogP contribution is 2.41. The molecule has 0 spiro atoms. The van der Waals surface area contributed by atoms with E-state index in [1.54, 1.807) is 6.21 Å². The molecule has 0 unspecified atom stereocenters. The monoisotopic (exact) mass is 429 g/mol. The maximum absolute atomic E-state index is 13.0. The number of nitrogens with zero attached hydrogens (tertiary/aromatic N) is 1. The Morgan fingerprint density at radius 3 is 2.44 bits per heavy atom. The summed E-state index contributed by atoms with van der Waals surface area (Å²) in [6.07, 6.45) is 8.67. The number of benzene rings is 2. The summed E-state index contributed by atoms with van der Waals surface area (Å²) in [5, 5.41) is 7.62. The highest BCUT2D eigenvalue weighted by Gasteiger charge is 2.31. The molecule has 3 rings (SSSR count). The van der Waals surface area contributed by atoms with Crippen LogP contribution in [0.5, 0.6) is 0 Å². The molecule has 0 radical (unpaired) electrons. The highest BCUT2D eigenvalue weighted by molar-refractivity contribution is 5.85. The average Bonchev–Trinajstić information content (AvgIpc) is 2.78. The minimum Gasteiger partial charge on any atom is -0.298 e. The molecule has 1 amide bonds. The first-order chi connectivity index (χ1) is 15.4. The van der Waals surface area contributed by atoms with Crippen LogP contribution in [0.3, 0.4) is 0 Å². The second-order valence-corrected chi connectivity index (χ2v) is 9.31. The van der Waals surface area contributed by atoms with Crippen LogP contribution >= 0.6 is 0 Å². The van der Waals surface area contributed by atoms with Gasteiger partial charge in [-0.25, -0.2) is 5.43 Å².